The van der Waals surface area contributed by atoms with Crippen LogP contribution in [0.2, 0.25) is 0 Å². The summed E-state index contributed by atoms with van der Waals surface area (Å²) in [7, 11) is 0. The maximum atomic E-state index is 12.7. The molecule has 3 amide bonds. The van der Waals surface area contributed by atoms with Gasteiger partial charge < -0.3 is 20.5 Å². The number of benzene rings is 1. The van der Waals surface area contributed by atoms with Crippen LogP contribution in [0.1, 0.15) is 51.6 Å². The van der Waals surface area contributed by atoms with Crippen molar-refractivity contribution in [3.8, 4) is 6.07 Å². The highest BCUT2D eigenvalue weighted by atomic mass is 19.4. The monoisotopic (exact) mass is 417 g/mol. The molecule has 1 fully saturated rings. The van der Waals surface area contributed by atoms with Crippen molar-refractivity contribution in [2.45, 2.75) is 38.0 Å². The maximum Gasteiger partial charge on any atom is 0.416 e. The molecule has 156 valence electrons. The molecule has 0 unspecified atom stereocenters. The number of carbonyl (C=O) groups is 2. The summed E-state index contributed by atoms with van der Waals surface area (Å²) in [6, 6.07) is 5.73. The lowest BCUT2D eigenvalue weighted by Gasteiger charge is -2.30. The first-order valence-electron chi connectivity index (χ1n) is 9.39. The molecular formula is C20H18F3N5O2. The molecule has 1 saturated carbocycles. The van der Waals surface area contributed by atoms with Gasteiger partial charge in [-0.25, -0.2) is 4.79 Å². The van der Waals surface area contributed by atoms with Gasteiger partial charge in [0.1, 0.15) is 6.07 Å². The number of nitrogens with two attached hydrogens (primary N) is 1. The van der Waals surface area contributed by atoms with Crippen molar-refractivity contribution in [3.63, 3.8) is 0 Å². The minimum atomic E-state index is -4.45. The molecule has 1 aliphatic heterocycles. The molecule has 0 saturated heterocycles. The number of primary amides is 1. The van der Waals surface area contributed by atoms with E-state index in [9.17, 15) is 28.0 Å². The van der Waals surface area contributed by atoms with Crippen molar-refractivity contribution in [2.24, 2.45) is 5.73 Å². The van der Waals surface area contributed by atoms with E-state index in [1.807, 2.05) is 4.57 Å². The zero-order valence-electron chi connectivity index (χ0n) is 15.8. The van der Waals surface area contributed by atoms with Crippen molar-refractivity contribution in [2.75, 3.05) is 11.9 Å². The Labute approximate surface area is 169 Å². The van der Waals surface area contributed by atoms with Gasteiger partial charge >= 0.3 is 12.2 Å². The quantitative estimate of drug-likeness (QED) is 0.800. The van der Waals surface area contributed by atoms with Crippen LogP contribution >= 0.6 is 0 Å². The Morgan fingerprint density at radius 1 is 1.17 bits per heavy atom. The number of aromatic nitrogens is 1. The van der Waals surface area contributed by atoms with Crippen LogP contribution in [0.25, 0.3) is 0 Å². The van der Waals surface area contributed by atoms with E-state index >= 15 is 0 Å². The number of fused-ring (bicyclic) bond motifs is 1. The van der Waals surface area contributed by atoms with Crippen molar-refractivity contribution < 1.29 is 22.8 Å². The number of anilines is 1. The average Bonchev–Trinajstić information content (AvgIpc) is 3.47. The van der Waals surface area contributed by atoms with E-state index in [-0.39, 0.29) is 29.3 Å². The Bertz CT molecular complexity index is 1060. The molecule has 1 aliphatic carbocycles. The molecule has 0 radical (unpaired) electrons. The number of nitrogens with zero attached hydrogens (tertiary/aromatic N) is 3. The Morgan fingerprint density at radius 3 is 2.37 bits per heavy atom. The third-order valence-corrected chi connectivity index (χ3v) is 5.42. The molecule has 7 nitrogen and oxygen atoms in total. The number of amides is 3. The third kappa shape index (κ3) is 3.47. The van der Waals surface area contributed by atoms with E-state index < -0.39 is 23.7 Å². The molecule has 2 heterocycles. The maximum absolute atomic E-state index is 12.7. The van der Waals surface area contributed by atoms with Gasteiger partial charge in [0.2, 0.25) is 0 Å². The molecule has 0 atom stereocenters. The fraction of sp³-hybridized carbons (Fsp3) is 0.350. The molecule has 2 aliphatic rings. The Morgan fingerprint density at radius 2 is 1.83 bits per heavy atom. The summed E-state index contributed by atoms with van der Waals surface area (Å²) < 4.78 is 40.0. The highest BCUT2D eigenvalue weighted by molar-refractivity contribution is 5.98. The minimum absolute atomic E-state index is 0.0755. The number of hydrogen-bond acceptors (Lipinski definition) is 3. The van der Waals surface area contributed by atoms with Gasteiger partial charge in [0, 0.05) is 30.4 Å². The lowest BCUT2D eigenvalue weighted by atomic mass is 10.1. The molecule has 3 N–H and O–H groups in total. The van der Waals surface area contributed by atoms with Crippen LogP contribution in [-0.2, 0) is 19.3 Å². The predicted octanol–water partition coefficient (Wildman–Crippen LogP) is 3.40. The van der Waals surface area contributed by atoms with Crippen molar-refractivity contribution >= 4 is 17.6 Å². The highest BCUT2D eigenvalue weighted by Crippen LogP contribution is 2.44. The zero-order chi connectivity index (χ0) is 21.6. The second kappa shape index (κ2) is 7.09. The number of urea groups is 1. The number of rotatable bonds is 3. The van der Waals surface area contributed by atoms with Gasteiger partial charge in [-0.15, -0.1) is 0 Å². The highest BCUT2D eigenvalue weighted by Gasteiger charge is 2.38. The smallest absolute Gasteiger partial charge is 0.366 e. The zero-order valence-corrected chi connectivity index (χ0v) is 15.8. The Kier molecular flexibility index (Phi) is 4.68. The summed E-state index contributed by atoms with van der Waals surface area (Å²) in [6.07, 6.45) is -2.58. The summed E-state index contributed by atoms with van der Waals surface area (Å²) in [5.74, 6) is -0.494. The largest absolute Gasteiger partial charge is 0.416 e. The number of hydrogen-bond donors (Lipinski definition) is 2. The predicted molar refractivity (Wildman–Crippen MR) is 101 cm³/mol. The van der Waals surface area contributed by atoms with Crippen LogP contribution in [0.3, 0.4) is 0 Å². The van der Waals surface area contributed by atoms with E-state index in [4.69, 9.17) is 5.73 Å². The van der Waals surface area contributed by atoms with Gasteiger partial charge in [0.15, 0.2) is 0 Å². The fourth-order valence-electron chi connectivity index (χ4n) is 3.87. The number of carbonyl (C=O) groups excluding carboxylic acids is 2. The topological polar surface area (TPSA) is 104 Å². The van der Waals surface area contributed by atoms with Crippen LogP contribution < -0.4 is 11.1 Å². The number of alkyl halides is 3. The van der Waals surface area contributed by atoms with Gasteiger partial charge in [-0.1, -0.05) is 0 Å². The minimum Gasteiger partial charge on any atom is -0.366 e. The molecule has 1 aromatic heterocycles. The molecule has 0 spiro atoms. The van der Waals surface area contributed by atoms with Crippen molar-refractivity contribution in [3.05, 3.63) is 52.3 Å². The first-order chi connectivity index (χ1) is 14.2. The number of nitrogens with one attached hydrogen (secondary N) is 1. The first kappa shape index (κ1) is 19.8. The third-order valence-electron chi connectivity index (χ3n) is 5.42. The summed E-state index contributed by atoms with van der Waals surface area (Å²) in [4.78, 5) is 26.1. The lowest BCUT2D eigenvalue weighted by molar-refractivity contribution is -0.137. The number of nitriles is 1. The van der Waals surface area contributed by atoms with Crippen LogP contribution in [0, 0.1) is 11.3 Å². The molecule has 2 aromatic rings. The summed E-state index contributed by atoms with van der Waals surface area (Å²) in [5.41, 5.74) is 6.70. The number of halogens is 3. The second-order valence-corrected chi connectivity index (χ2v) is 7.41. The molecule has 0 bridgehead atoms. The normalized spacial score (nSPS) is 16.0. The van der Waals surface area contributed by atoms with E-state index in [1.54, 1.807) is 0 Å². The van der Waals surface area contributed by atoms with Crippen LogP contribution in [0.5, 0.6) is 0 Å². The van der Waals surface area contributed by atoms with Crippen LogP contribution in [0.15, 0.2) is 24.3 Å². The van der Waals surface area contributed by atoms with Gasteiger partial charge in [0.05, 0.1) is 28.9 Å². The van der Waals surface area contributed by atoms with Crippen LogP contribution in [0.4, 0.5) is 23.7 Å². The second-order valence-electron chi connectivity index (χ2n) is 7.41. The first-order valence-corrected chi connectivity index (χ1v) is 9.39. The van der Waals surface area contributed by atoms with E-state index in [0.717, 1.165) is 30.7 Å². The lowest BCUT2D eigenvalue weighted by Crippen LogP contribution is -2.41. The van der Waals surface area contributed by atoms with E-state index in [2.05, 4.69) is 11.4 Å². The van der Waals surface area contributed by atoms with Gasteiger partial charge in [-0.2, -0.15) is 18.4 Å². The Hall–Kier alpha value is -3.48. The molecule has 30 heavy (non-hydrogen) atoms. The molecule has 1 aromatic carbocycles. The Balaban J connectivity index is 1.56. The average molecular weight is 417 g/mol. The molecule has 4 rings (SSSR count). The summed E-state index contributed by atoms with van der Waals surface area (Å²) >= 11 is 0. The van der Waals surface area contributed by atoms with E-state index in [1.165, 1.54) is 17.0 Å². The SMILES string of the molecule is N#Cc1c(C(N)=O)c2n(c1C1CC1)CCN(C(=O)Nc1ccc(C(F)(F)F)cc1)C2. The van der Waals surface area contributed by atoms with Gasteiger partial charge in [0.25, 0.3) is 5.91 Å². The van der Waals surface area contributed by atoms with Crippen molar-refractivity contribution in [1.29, 1.82) is 5.26 Å². The summed E-state index contributed by atoms with van der Waals surface area (Å²) in [5, 5.41) is 12.1. The fourth-order valence-corrected chi connectivity index (χ4v) is 3.87. The van der Waals surface area contributed by atoms with Crippen LogP contribution in [-0.4, -0.2) is 28.0 Å². The molecular weight excluding hydrogens is 399 g/mol. The van der Waals surface area contributed by atoms with Gasteiger partial charge in [-0.05, 0) is 37.1 Å². The van der Waals surface area contributed by atoms with Gasteiger partial charge in [-0.3, -0.25) is 4.79 Å². The van der Waals surface area contributed by atoms with Crippen molar-refractivity contribution in [1.82, 2.24) is 9.47 Å². The summed E-state index contributed by atoms with van der Waals surface area (Å²) in [6.45, 7) is 0.812. The van der Waals surface area contributed by atoms with E-state index in [0.29, 0.717) is 18.8 Å². The molecule has 10 heteroatoms. The standard InChI is InChI=1S/C20H18F3N5O2/c21-20(22,23)12-3-5-13(6-4-12)26-19(30)27-7-8-28-15(10-27)16(18(25)29)14(9-24)17(28)11-1-2-11/h3-6,11H,1-2,7-8,10H2,(H2,25,29)(H,26,30).